The fraction of sp³-hybridized carbons (Fsp3) is 0.278. The summed E-state index contributed by atoms with van der Waals surface area (Å²) in [5.41, 5.74) is 2.31. The molecular formula is C18H16FN3O2S. The van der Waals surface area contributed by atoms with Gasteiger partial charge in [-0.3, -0.25) is 4.79 Å². The van der Waals surface area contributed by atoms with Crippen molar-refractivity contribution in [3.63, 3.8) is 0 Å². The Morgan fingerprint density at radius 2 is 2.24 bits per heavy atom. The van der Waals surface area contributed by atoms with Crippen LogP contribution < -0.4 is 5.32 Å². The van der Waals surface area contributed by atoms with Crippen molar-refractivity contribution in [3.05, 3.63) is 46.3 Å². The highest BCUT2D eigenvalue weighted by molar-refractivity contribution is 7.19. The zero-order valence-electron chi connectivity index (χ0n) is 13.5. The van der Waals surface area contributed by atoms with Gasteiger partial charge in [-0.05, 0) is 49.4 Å². The van der Waals surface area contributed by atoms with Crippen molar-refractivity contribution in [2.24, 2.45) is 5.92 Å². The van der Waals surface area contributed by atoms with Gasteiger partial charge < -0.3 is 10.4 Å². The number of aryl methyl sites for hydroxylation is 2. The smallest absolute Gasteiger partial charge is 0.306 e. The van der Waals surface area contributed by atoms with E-state index in [0.29, 0.717) is 30.8 Å². The number of carboxylic acid groups (broad SMARTS) is 1. The third-order valence-corrected chi connectivity index (χ3v) is 5.73. The van der Waals surface area contributed by atoms with E-state index in [0.717, 1.165) is 26.2 Å². The molecule has 0 amide bonds. The van der Waals surface area contributed by atoms with Crippen molar-refractivity contribution in [1.29, 1.82) is 0 Å². The zero-order chi connectivity index (χ0) is 17.6. The Kier molecular flexibility index (Phi) is 3.88. The number of thiophene rings is 1. The van der Waals surface area contributed by atoms with Crippen LogP contribution in [-0.4, -0.2) is 21.0 Å². The number of benzene rings is 1. The van der Waals surface area contributed by atoms with Gasteiger partial charge in [0, 0.05) is 4.88 Å². The van der Waals surface area contributed by atoms with Gasteiger partial charge in [0.15, 0.2) is 0 Å². The van der Waals surface area contributed by atoms with Gasteiger partial charge in [0.1, 0.15) is 22.8 Å². The van der Waals surface area contributed by atoms with Crippen LogP contribution in [0.2, 0.25) is 0 Å². The summed E-state index contributed by atoms with van der Waals surface area (Å²) in [5, 5.41) is 13.2. The van der Waals surface area contributed by atoms with E-state index < -0.39 is 5.97 Å². The van der Waals surface area contributed by atoms with Crippen molar-refractivity contribution in [2.75, 3.05) is 5.32 Å². The Balaban J connectivity index is 1.77. The first-order valence-electron chi connectivity index (χ1n) is 8.04. The molecule has 1 aromatic carbocycles. The van der Waals surface area contributed by atoms with Crippen LogP contribution in [0, 0.1) is 18.7 Å². The third kappa shape index (κ3) is 2.84. The number of aromatic nitrogens is 2. The minimum absolute atomic E-state index is 0.332. The van der Waals surface area contributed by atoms with E-state index in [9.17, 15) is 14.3 Å². The van der Waals surface area contributed by atoms with Crippen LogP contribution in [0.15, 0.2) is 24.5 Å². The number of hydrogen-bond donors (Lipinski definition) is 2. The largest absolute Gasteiger partial charge is 0.481 e. The van der Waals surface area contributed by atoms with E-state index in [-0.39, 0.29) is 11.7 Å². The first-order valence-corrected chi connectivity index (χ1v) is 8.86. The Bertz CT molecular complexity index is 986. The molecular weight excluding hydrogens is 341 g/mol. The van der Waals surface area contributed by atoms with Gasteiger partial charge in [-0.15, -0.1) is 11.3 Å². The fourth-order valence-corrected chi connectivity index (χ4v) is 4.53. The second-order valence-corrected chi connectivity index (χ2v) is 7.38. The van der Waals surface area contributed by atoms with Crippen molar-refractivity contribution >= 4 is 39.0 Å². The number of hydrogen-bond acceptors (Lipinski definition) is 5. The molecule has 2 heterocycles. The van der Waals surface area contributed by atoms with Crippen molar-refractivity contribution in [2.45, 2.75) is 26.2 Å². The Hall–Kier alpha value is -2.54. The molecule has 4 rings (SSSR count). The molecule has 2 aromatic heterocycles. The maximum absolute atomic E-state index is 14.2. The number of aliphatic carboxylic acids is 1. The Morgan fingerprint density at radius 3 is 3.00 bits per heavy atom. The number of nitrogens with one attached hydrogen (secondary N) is 1. The molecule has 0 spiro atoms. The van der Waals surface area contributed by atoms with Crippen molar-refractivity contribution in [1.82, 2.24) is 9.97 Å². The molecule has 0 fully saturated rings. The van der Waals surface area contributed by atoms with Crippen molar-refractivity contribution < 1.29 is 14.3 Å². The number of nitrogens with zero attached hydrogens (tertiary/aromatic N) is 2. The minimum atomic E-state index is -0.755. The number of fused-ring (bicyclic) bond motifs is 3. The second kappa shape index (κ2) is 6.07. The SMILES string of the molecule is Cc1ccc(Nc2ncnc3sc4c(c23)CCC(C(=O)O)C4)c(F)c1. The number of carbonyl (C=O) groups is 1. The summed E-state index contributed by atoms with van der Waals surface area (Å²) in [6.45, 7) is 1.84. The quantitative estimate of drug-likeness (QED) is 0.739. The molecule has 128 valence electrons. The monoisotopic (exact) mass is 357 g/mol. The molecule has 0 bridgehead atoms. The summed E-state index contributed by atoms with van der Waals surface area (Å²) in [7, 11) is 0. The third-order valence-electron chi connectivity index (χ3n) is 4.57. The van der Waals surface area contributed by atoms with E-state index >= 15 is 0 Å². The summed E-state index contributed by atoms with van der Waals surface area (Å²) in [6, 6.07) is 5.00. The maximum atomic E-state index is 14.2. The highest BCUT2D eigenvalue weighted by atomic mass is 32.1. The van der Waals surface area contributed by atoms with E-state index in [2.05, 4.69) is 15.3 Å². The fourth-order valence-electron chi connectivity index (χ4n) is 3.26. The molecule has 0 radical (unpaired) electrons. The van der Waals surface area contributed by atoms with Gasteiger partial charge in [0.2, 0.25) is 0 Å². The molecule has 5 nitrogen and oxygen atoms in total. The highest BCUT2D eigenvalue weighted by Gasteiger charge is 2.28. The lowest BCUT2D eigenvalue weighted by molar-refractivity contribution is -0.142. The van der Waals surface area contributed by atoms with Gasteiger partial charge >= 0.3 is 5.97 Å². The summed E-state index contributed by atoms with van der Waals surface area (Å²) < 4.78 is 14.2. The summed E-state index contributed by atoms with van der Waals surface area (Å²) in [5.74, 6) is -0.866. The van der Waals surface area contributed by atoms with Gasteiger partial charge in [-0.1, -0.05) is 6.07 Å². The Morgan fingerprint density at radius 1 is 1.40 bits per heavy atom. The van der Waals surface area contributed by atoms with Crippen LogP contribution in [-0.2, 0) is 17.6 Å². The normalized spacial score (nSPS) is 16.6. The van der Waals surface area contributed by atoms with E-state index in [1.54, 1.807) is 6.07 Å². The van der Waals surface area contributed by atoms with Gasteiger partial charge in [-0.2, -0.15) is 0 Å². The van der Waals surface area contributed by atoms with Crippen LogP contribution >= 0.6 is 11.3 Å². The molecule has 0 saturated heterocycles. The highest BCUT2D eigenvalue weighted by Crippen LogP contribution is 2.40. The molecule has 1 unspecified atom stereocenters. The van der Waals surface area contributed by atoms with Gasteiger partial charge in [-0.25, -0.2) is 14.4 Å². The predicted molar refractivity (Wildman–Crippen MR) is 95.0 cm³/mol. The average Bonchev–Trinajstić information content (AvgIpc) is 2.95. The predicted octanol–water partition coefficient (Wildman–Crippen LogP) is 4.07. The molecule has 2 N–H and O–H groups in total. The molecule has 0 saturated carbocycles. The molecule has 0 aliphatic heterocycles. The molecule has 25 heavy (non-hydrogen) atoms. The van der Waals surface area contributed by atoms with E-state index in [1.807, 2.05) is 13.0 Å². The van der Waals surface area contributed by atoms with E-state index in [4.69, 9.17) is 0 Å². The summed E-state index contributed by atoms with van der Waals surface area (Å²) in [4.78, 5) is 21.7. The second-order valence-electron chi connectivity index (χ2n) is 6.29. The lowest BCUT2D eigenvalue weighted by Crippen LogP contribution is -2.21. The zero-order valence-corrected chi connectivity index (χ0v) is 14.4. The molecule has 1 aliphatic rings. The minimum Gasteiger partial charge on any atom is -0.481 e. The van der Waals surface area contributed by atoms with Crippen LogP contribution in [0.4, 0.5) is 15.9 Å². The van der Waals surface area contributed by atoms with Crippen LogP contribution in [0.5, 0.6) is 0 Å². The molecule has 7 heteroatoms. The number of halogens is 1. The van der Waals surface area contributed by atoms with Gasteiger partial charge in [0.25, 0.3) is 0 Å². The summed E-state index contributed by atoms with van der Waals surface area (Å²) in [6.07, 6.45) is 3.24. The standard InChI is InChI=1S/C18H16FN3O2S/c1-9-2-5-13(12(19)6-9)22-16-15-11-4-3-10(18(23)24)7-14(11)25-17(15)21-8-20-16/h2,5-6,8,10H,3-4,7H2,1H3,(H,23,24)(H,20,21,22). The maximum Gasteiger partial charge on any atom is 0.306 e. The van der Waals surface area contributed by atoms with Crippen LogP contribution in [0.3, 0.4) is 0 Å². The number of carboxylic acids is 1. The average molecular weight is 357 g/mol. The number of rotatable bonds is 3. The summed E-state index contributed by atoms with van der Waals surface area (Å²) >= 11 is 1.50. The first kappa shape index (κ1) is 16.0. The molecule has 1 atom stereocenters. The van der Waals surface area contributed by atoms with E-state index in [1.165, 1.54) is 23.7 Å². The molecule has 1 aliphatic carbocycles. The number of anilines is 2. The van der Waals surface area contributed by atoms with Gasteiger partial charge in [0.05, 0.1) is 17.0 Å². The van der Waals surface area contributed by atoms with Crippen LogP contribution in [0.1, 0.15) is 22.4 Å². The Labute approximate surface area is 147 Å². The topological polar surface area (TPSA) is 75.1 Å². The molecule has 3 aromatic rings. The van der Waals surface area contributed by atoms with Crippen molar-refractivity contribution in [3.8, 4) is 0 Å². The lowest BCUT2D eigenvalue weighted by Gasteiger charge is -2.18. The first-order chi connectivity index (χ1) is 12.0. The lowest BCUT2D eigenvalue weighted by atomic mass is 9.88. The van der Waals surface area contributed by atoms with Crippen LogP contribution in [0.25, 0.3) is 10.2 Å².